The molecule has 0 aromatic heterocycles. The minimum Gasteiger partial charge on any atom is -0.399 e. The van der Waals surface area contributed by atoms with Crippen molar-refractivity contribution in [1.82, 2.24) is 4.72 Å². The molecule has 0 aliphatic rings. The van der Waals surface area contributed by atoms with Crippen LogP contribution in [0.15, 0.2) is 24.3 Å². The summed E-state index contributed by atoms with van der Waals surface area (Å²) >= 11 is 0. The molecule has 0 saturated carbocycles. The van der Waals surface area contributed by atoms with Crippen molar-refractivity contribution < 1.29 is 8.42 Å². The predicted octanol–water partition coefficient (Wildman–Crippen LogP) is 1.53. The summed E-state index contributed by atoms with van der Waals surface area (Å²) < 4.78 is 25.4. The third kappa shape index (κ3) is 4.02. The minimum atomic E-state index is -3.25. The Labute approximate surface area is 103 Å². The first-order valence-corrected chi connectivity index (χ1v) is 7.04. The SMILES string of the molecule is CC(C)(C)S(=O)(=O)NCCc1ccc(N)cc1. The fourth-order valence-electron chi connectivity index (χ4n) is 1.23. The first kappa shape index (κ1) is 14.0. The number of benzene rings is 1. The molecule has 96 valence electrons. The van der Waals surface area contributed by atoms with Crippen molar-refractivity contribution in [3.8, 4) is 0 Å². The van der Waals surface area contributed by atoms with E-state index in [2.05, 4.69) is 4.72 Å². The van der Waals surface area contributed by atoms with Crippen LogP contribution < -0.4 is 10.5 Å². The van der Waals surface area contributed by atoms with Crippen LogP contribution in [0.25, 0.3) is 0 Å². The number of rotatable bonds is 4. The van der Waals surface area contributed by atoms with Gasteiger partial charge in [0.15, 0.2) is 0 Å². The molecule has 0 amide bonds. The molecule has 0 unspecified atom stereocenters. The fourth-order valence-corrected chi connectivity index (χ4v) is 2.03. The van der Waals surface area contributed by atoms with E-state index in [9.17, 15) is 8.42 Å². The number of hydrogen-bond donors (Lipinski definition) is 2. The van der Waals surface area contributed by atoms with E-state index >= 15 is 0 Å². The van der Waals surface area contributed by atoms with Gasteiger partial charge in [-0.2, -0.15) is 0 Å². The highest BCUT2D eigenvalue weighted by Crippen LogP contribution is 2.13. The van der Waals surface area contributed by atoms with Gasteiger partial charge in [-0.1, -0.05) is 12.1 Å². The first-order valence-electron chi connectivity index (χ1n) is 5.56. The topological polar surface area (TPSA) is 72.2 Å². The van der Waals surface area contributed by atoms with Crippen LogP contribution in [0.3, 0.4) is 0 Å². The van der Waals surface area contributed by atoms with Gasteiger partial charge in [-0.25, -0.2) is 13.1 Å². The van der Waals surface area contributed by atoms with Crippen molar-refractivity contribution in [3.05, 3.63) is 29.8 Å². The molecule has 1 aromatic carbocycles. The highest BCUT2D eigenvalue weighted by molar-refractivity contribution is 7.90. The van der Waals surface area contributed by atoms with E-state index in [0.29, 0.717) is 18.7 Å². The summed E-state index contributed by atoms with van der Waals surface area (Å²) in [6.07, 6.45) is 0.662. The Hall–Kier alpha value is -1.07. The van der Waals surface area contributed by atoms with Crippen molar-refractivity contribution in [3.63, 3.8) is 0 Å². The molecule has 17 heavy (non-hydrogen) atoms. The molecule has 0 aliphatic carbocycles. The molecule has 1 rings (SSSR count). The summed E-state index contributed by atoms with van der Waals surface area (Å²) in [7, 11) is -3.25. The van der Waals surface area contributed by atoms with Crippen LogP contribution >= 0.6 is 0 Å². The molecule has 0 atom stereocenters. The van der Waals surface area contributed by atoms with Crippen LogP contribution in [0.4, 0.5) is 5.69 Å². The number of nitrogens with two attached hydrogens (primary N) is 1. The summed E-state index contributed by atoms with van der Waals surface area (Å²) in [5.41, 5.74) is 7.35. The largest absolute Gasteiger partial charge is 0.399 e. The molecule has 5 heteroatoms. The molecular formula is C12H20N2O2S. The van der Waals surface area contributed by atoms with Crippen LogP contribution in [0.1, 0.15) is 26.3 Å². The maximum atomic E-state index is 11.8. The predicted molar refractivity (Wildman–Crippen MR) is 71.2 cm³/mol. The zero-order chi connectivity index (χ0) is 13.1. The fraction of sp³-hybridized carbons (Fsp3) is 0.500. The smallest absolute Gasteiger partial charge is 0.216 e. The maximum Gasteiger partial charge on any atom is 0.216 e. The minimum absolute atomic E-state index is 0.406. The second-order valence-electron chi connectivity index (χ2n) is 5.00. The number of nitrogen functional groups attached to an aromatic ring is 1. The summed E-state index contributed by atoms with van der Waals surface area (Å²) in [4.78, 5) is 0. The Morgan fingerprint density at radius 1 is 1.18 bits per heavy atom. The van der Waals surface area contributed by atoms with E-state index in [0.717, 1.165) is 5.56 Å². The Bertz CT molecular complexity index is 458. The second kappa shape index (κ2) is 5.06. The lowest BCUT2D eigenvalue weighted by molar-refractivity contribution is 0.545. The maximum absolute atomic E-state index is 11.8. The molecule has 0 bridgehead atoms. The zero-order valence-corrected chi connectivity index (χ0v) is 11.3. The molecule has 0 radical (unpaired) electrons. The lowest BCUT2D eigenvalue weighted by Crippen LogP contribution is -2.40. The van der Waals surface area contributed by atoms with Gasteiger partial charge in [-0.15, -0.1) is 0 Å². The lowest BCUT2D eigenvalue weighted by Gasteiger charge is -2.19. The average Bonchev–Trinajstić information content (AvgIpc) is 2.19. The monoisotopic (exact) mass is 256 g/mol. The molecule has 1 aromatic rings. The van der Waals surface area contributed by atoms with Gasteiger partial charge in [0.05, 0.1) is 4.75 Å². The van der Waals surface area contributed by atoms with Gasteiger partial charge in [0.25, 0.3) is 0 Å². The van der Waals surface area contributed by atoms with Gasteiger partial charge in [-0.3, -0.25) is 0 Å². The first-order chi connectivity index (χ1) is 7.72. The molecule has 0 saturated heterocycles. The normalized spacial score (nSPS) is 12.6. The number of sulfonamides is 1. The highest BCUT2D eigenvalue weighted by atomic mass is 32.2. The van der Waals surface area contributed by atoms with Crippen LogP contribution in [-0.4, -0.2) is 19.7 Å². The zero-order valence-electron chi connectivity index (χ0n) is 10.5. The molecule has 0 aliphatic heterocycles. The van der Waals surface area contributed by atoms with Crippen LogP contribution in [0.5, 0.6) is 0 Å². The summed E-state index contributed by atoms with van der Waals surface area (Å²) in [5.74, 6) is 0. The van der Waals surface area contributed by atoms with Crippen LogP contribution in [0, 0.1) is 0 Å². The Kier molecular flexibility index (Phi) is 4.16. The standard InChI is InChI=1S/C12H20N2O2S/c1-12(2,3)17(15,16)14-9-8-10-4-6-11(13)7-5-10/h4-7,14H,8-9,13H2,1-3H3. The third-order valence-electron chi connectivity index (χ3n) is 2.49. The van der Waals surface area contributed by atoms with Crippen molar-refractivity contribution in [2.45, 2.75) is 31.9 Å². The van der Waals surface area contributed by atoms with Gasteiger partial charge in [0.2, 0.25) is 10.0 Å². The van der Waals surface area contributed by atoms with Gasteiger partial charge in [-0.05, 0) is 44.9 Å². The Morgan fingerprint density at radius 3 is 2.18 bits per heavy atom. The van der Waals surface area contributed by atoms with E-state index in [1.807, 2.05) is 24.3 Å². The Morgan fingerprint density at radius 2 is 1.71 bits per heavy atom. The summed E-state index contributed by atoms with van der Waals surface area (Å²) in [5, 5.41) is 0. The highest BCUT2D eigenvalue weighted by Gasteiger charge is 2.27. The molecule has 3 N–H and O–H groups in total. The molecule has 0 spiro atoms. The van der Waals surface area contributed by atoms with Gasteiger partial charge in [0, 0.05) is 12.2 Å². The van der Waals surface area contributed by atoms with E-state index in [4.69, 9.17) is 5.73 Å². The average molecular weight is 256 g/mol. The van der Waals surface area contributed by atoms with Gasteiger partial charge < -0.3 is 5.73 Å². The Balaban J connectivity index is 2.52. The van der Waals surface area contributed by atoms with Crippen molar-refractivity contribution in [2.24, 2.45) is 0 Å². The van der Waals surface area contributed by atoms with Crippen molar-refractivity contribution >= 4 is 15.7 Å². The quantitative estimate of drug-likeness (QED) is 0.802. The van der Waals surface area contributed by atoms with Gasteiger partial charge >= 0.3 is 0 Å². The van der Waals surface area contributed by atoms with E-state index < -0.39 is 14.8 Å². The van der Waals surface area contributed by atoms with Crippen molar-refractivity contribution in [1.29, 1.82) is 0 Å². The van der Waals surface area contributed by atoms with E-state index in [-0.39, 0.29) is 0 Å². The lowest BCUT2D eigenvalue weighted by atomic mass is 10.1. The van der Waals surface area contributed by atoms with Crippen LogP contribution in [-0.2, 0) is 16.4 Å². The van der Waals surface area contributed by atoms with Crippen molar-refractivity contribution in [2.75, 3.05) is 12.3 Å². The number of anilines is 1. The third-order valence-corrected chi connectivity index (χ3v) is 4.69. The van der Waals surface area contributed by atoms with E-state index in [1.54, 1.807) is 20.8 Å². The van der Waals surface area contributed by atoms with Gasteiger partial charge in [0.1, 0.15) is 0 Å². The molecule has 0 fully saturated rings. The van der Waals surface area contributed by atoms with Crippen LogP contribution in [0.2, 0.25) is 0 Å². The summed E-state index contributed by atoms with van der Waals surface area (Å²) in [6, 6.07) is 7.43. The second-order valence-corrected chi connectivity index (χ2v) is 7.52. The molecule has 0 heterocycles. The molecule has 4 nitrogen and oxygen atoms in total. The summed E-state index contributed by atoms with van der Waals surface area (Å²) in [6.45, 7) is 5.44. The number of nitrogens with one attached hydrogen (secondary N) is 1. The van der Waals surface area contributed by atoms with E-state index in [1.165, 1.54) is 0 Å². The molecular weight excluding hydrogens is 236 g/mol. The number of hydrogen-bond acceptors (Lipinski definition) is 3.